The Morgan fingerprint density at radius 2 is 2.05 bits per heavy atom. The number of rotatable bonds is 8. The van der Waals surface area contributed by atoms with E-state index in [0.717, 1.165) is 26.1 Å². The normalized spacial score (nSPS) is 10.7. The van der Waals surface area contributed by atoms with Crippen molar-refractivity contribution in [3.63, 3.8) is 0 Å². The van der Waals surface area contributed by atoms with Crippen LogP contribution < -0.4 is 10.6 Å². The van der Waals surface area contributed by atoms with Crippen LogP contribution in [0.2, 0.25) is 5.02 Å². The van der Waals surface area contributed by atoms with Crippen molar-refractivity contribution < 1.29 is 4.79 Å². The number of carbonyl (C=O) groups is 1. The third-order valence-electron chi connectivity index (χ3n) is 2.84. The molecular formula is C14H22ClN3O. The molecule has 0 heterocycles. The Morgan fingerprint density at radius 3 is 2.74 bits per heavy atom. The summed E-state index contributed by atoms with van der Waals surface area (Å²) in [5.41, 5.74) is 0.673. The van der Waals surface area contributed by atoms with E-state index in [0.29, 0.717) is 17.1 Å². The molecule has 0 radical (unpaired) electrons. The minimum Gasteiger partial charge on any atom is -0.325 e. The number of amides is 1. The average molecular weight is 284 g/mol. The zero-order valence-corrected chi connectivity index (χ0v) is 12.3. The summed E-state index contributed by atoms with van der Waals surface area (Å²) in [5, 5.41) is 6.50. The zero-order chi connectivity index (χ0) is 14.1. The monoisotopic (exact) mass is 283 g/mol. The van der Waals surface area contributed by atoms with Gasteiger partial charge in [0.2, 0.25) is 5.91 Å². The molecule has 0 bridgehead atoms. The van der Waals surface area contributed by atoms with Gasteiger partial charge in [0.25, 0.3) is 0 Å². The summed E-state index contributed by atoms with van der Waals surface area (Å²) in [7, 11) is 3.97. The number of hydrogen-bond acceptors (Lipinski definition) is 3. The van der Waals surface area contributed by atoms with Crippen LogP contribution in [0.15, 0.2) is 24.3 Å². The van der Waals surface area contributed by atoms with E-state index in [1.54, 1.807) is 12.1 Å². The molecule has 1 rings (SSSR count). The van der Waals surface area contributed by atoms with Gasteiger partial charge >= 0.3 is 0 Å². The van der Waals surface area contributed by atoms with Crippen LogP contribution in [0, 0.1) is 0 Å². The first-order chi connectivity index (χ1) is 9.13. The summed E-state index contributed by atoms with van der Waals surface area (Å²) in [6, 6.07) is 7.26. The fourth-order valence-corrected chi connectivity index (χ4v) is 1.89. The predicted molar refractivity (Wildman–Crippen MR) is 80.7 cm³/mol. The standard InChI is InChI=1S/C14H22ClN3O/c1-16-9-5-10-18(2)11-8-14(19)17-13-7-4-3-6-12(13)15/h3-4,6-7,16H,5,8-11H2,1-2H3,(H,17,19). The third kappa shape index (κ3) is 6.57. The lowest BCUT2D eigenvalue weighted by Gasteiger charge is -2.16. The van der Waals surface area contributed by atoms with E-state index in [-0.39, 0.29) is 5.91 Å². The Morgan fingerprint density at radius 1 is 1.32 bits per heavy atom. The fourth-order valence-electron chi connectivity index (χ4n) is 1.71. The maximum absolute atomic E-state index is 11.8. The molecule has 0 atom stereocenters. The lowest BCUT2D eigenvalue weighted by atomic mass is 10.3. The Balaban J connectivity index is 2.26. The Hall–Kier alpha value is -1.10. The van der Waals surface area contributed by atoms with Gasteiger partial charge in [-0.2, -0.15) is 0 Å². The second-order valence-corrected chi connectivity index (χ2v) is 4.95. The Kier molecular flexibility index (Phi) is 7.48. The highest BCUT2D eigenvalue weighted by Gasteiger charge is 2.06. The van der Waals surface area contributed by atoms with E-state index in [1.807, 2.05) is 26.2 Å². The number of carbonyl (C=O) groups excluding carboxylic acids is 1. The van der Waals surface area contributed by atoms with Gasteiger partial charge in [-0.05, 0) is 45.7 Å². The van der Waals surface area contributed by atoms with E-state index >= 15 is 0 Å². The predicted octanol–water partition coefficient (Wildman–Crippen LogP) is 2.21. The molecule has 5 heteroatoms. The van der Waals surface area contributed by atoms with E-state index in [9.17, 15) is 4.79 Å². The van der Waals surface area contributed by atoms with Crippen molar-refractivity contribution in [1.82, 2.24) is 10.2 Å². The number of nitrogens with one attached hydrogen (secondary N) is 2. The molecule has 2 N–H and O–H groups in total. The fraction of sp³-hybridized carbons (Fsp3) is 0.500. The van der Waals surface area contributed by atoms with Crippen molar-refractivity contribution in [3.8, 4) is 0 Å². The first kappa shape index (κ1) is 16.0. The van der Waals surface area contributed by atoms with Gasteiger partial charge in [-0.25, -0.2) is 0 Å². The van der Waals surface area contributed by atoms with Crippen molar-refractivity contribution >= 4 is 23.2 Å². The van der Waals surface area contributed by atoms with Gasteiger partial charge in [0.05, 0.1) is 10.7 Å². The van der Waals surface area contributed by atoms with Crippen LogP contribution in [0.5, 0.6) is 0 Å². The van der Waals surface area contributed by atoms with E-state index in [2.05, 4.69) is 15.5 Å². The van der Waals surface area contributed by atoms with Crippen LogP contribution in [-0.4, -0.2) is 44.5 Å². The Labute approximate surface area is 120 Å². The summed E-state index contributed by atoms with van der Waals surface area (Å²) in [6.45, 7) is 2.73. The second-order valence-electron chi connectivity index (χ2n) is 4.54. The number of anilines is 1. The second kappa shape index (κ2) is 8.91. The highest BCUT2D eigenvalue weighted by atomic mass is 35.5. The molecule has 0 aliphatic carbocycles. The molecule has 0 fully saturated rings. The van der Waals surface area contributed by atoms with E-state index in [4.69, 9.17) is 11.6 Å². The molecule has 0 unspecified atom stereocenters. The van der Waals surface area contributed by atoms with Gasteiger partial charge in [-0.1, -0.05) is 23.7 Å². The first-order valence-corrected chi connectivity index (χ1v) is 6.89. The quantitative estimate of drug-likeness (QED) is 0.719. The molecular weight excluding hydrogens is 262 g/mol. The minimum absolute atomic E-state index is 0.00596. The smallest absolute Gasteiger partial charge is 0.225 e. The average Bonchev–Trinajstić information content (AvgIpc) is 2.39. The van der Waals surface area contributed by atoms with Crippen molar-refractivity contribution in [2.45, 2.75) is 12.8 Å². The summed E-state index contributed by atoms with van der Waals surface area (Å²) in [4.78, 5) is 13.9. The number of benzene rings is 1. The van der Waals surface area contributed by atoms with E-state index in [1.165, 1.54) is 0 Å². The van der Waals surface area contributed by atoms with E-state index < -0.39 is 0 Å². The van der Waals surface area contributed by atoms with Crippen LogP contribution in [0.4, 0.5) is 5.69 Å². The number of hydrogen-bond donors (Lipinski definition) is 2. The van der Waals surface area contributed by atoms with Crippen LogP contribution in [0.25, 0.3) is 0 Å². The summed E-state index contributed by atoms with van der Waals surface area (Å²) in [6.07, 6.45) is 1.56. The molecule has 0 saturated carbocycles. The lowest BCUT2D eigenvalue weighted by molar-refractivity contribution is -0.116. The molecule has 1 aromatic carbocycles. The van der Waals surface area contributed by atoms with Gasteiger partial charge in [-0.3, -0.25) is 4.79 Å². The van der Waals surface area contributed by atoms with Crippen molar-refractivity contribution in [1.29, 1.82) is 0 Å². The number of nitrogens with zero attached hydrogens (tertiary/aromatic N) is 1. The maximum Gasteiger partial charge on any atom is 0.225 e. The number of para-hydroxylation sites is 1. The van der Waals surface area contributed by atoms with Crippen LogP contribution in [0.3, 0.4) is 0 Å². The van der Waals surface area contributed by atoms with Gasteiger partial charge < -0.3 is 15.5 Å². The van der Waals surface area contributed by atoms with Crippen LogP contribution in [0.1, 0.15) is 12.8 Å². The molecule has 0 aromatic heterocycles. The summed E-state index contributed by atoms with van der Waals surface area (Å²) < 4.78 is 0. The molecule has 0 spiro atoms. The molecule has 0 saturated heterocycles. The largest absolute Gasteiger partial charge is 0.325 e. The molecule has 1 aromatic rings. The highest BCUT2D eigenvalue weighted by Crippen LogP contribution is 2.20. The topological polar surface area (TPSA) is 44.4 Å². The zero-order valence-electron chi connectivity index (χ0n) is 11.6. The van der Waals surface area contributed by atoms with Gasteiger partial charge in [0.15, 0.2) is 0 Å². The van der Waals surface area contributed by atoms with Crippen molar-refractivity contribution in [3.05, 3.63) is 29.3 Å². The third-order valence-corrected chi connectivity index (χ3v) is 3.16. The van der Waals surface area contributed by atoms with Gasteiger partial charge in [0.1, 0.15) is 0 Å². The molecule has 0 aliphatic heterocycles. The lowest BCUT2D eigenvalue weighted by Crippen LogP contribution is -2.27. The molecule has 106 valence electrons. The minimum atomic E-state index is -0.00596. The molecule has 4 nitrogen and oxygen atoms in total. The van der Waals surface area contributed by atoms with Crippen LogP contribution >= 0.6 is 11.6 Å². The van der Waals surface area contributed by atoms with Crippen molar-refractivity contribution in [2.75, 3.05) is 39.0 Å². The van der Waals surface area contributed by atoms with Crippen molar-refractivity contribution in [2.24, 2.45) is 0 Å². The SMILES string of the molecule is CNCCCN(C)CCC(=O)Nc1ccccc1Cl. The number of halogens is 1. The summed E-state index contributed by atoms with van der Waals surface area (Å²) in [5.74, 6) is -0.00596. The summed E-state index contributed by atoms with van der Waals surface area (Å²) >= 11 is 5.98. The van der Waals surface area contributed by atoms with Gasteiger partial charge in [-0.15, -0.1) is 0 Å². The van der Waals surface area contributed by atoms with Gasteiger partial charge in [0, 0.05) is 13.0 Å². The van der Waals surface area contributed by atoms with Crippen LogP contribution in [-0.2, 0) is 4.79 Å². The Bertz CT molecular complexity index is 398. The first-order valence-electron chi connectivity index (χ1n) is 6.51. The maximum atomic E-state index is 11.8. The highest BCUT2D eigenvalue weighted by molar-refractivity contribution is 6.33. The molecule has 19 heavy (non-hydrogen) atoms. The molecule has 1 amide bonds. The molecule has 0 aliphatic rings.